The first kappa shape index (κ1) is 13.0. The lowest BCUT2D eigenvalue weighted by Gasteiger charge is -2.20. The van der Waals surface area contributed by atoms with Gasteiger partial charge < -0.3 is 0 Å². The van der Waals surface area contributed by atoms with Crippen molar-refractivity contribution < 1.29 is 0 Å². The standard InChI is InChI=1S/C14H29N/c1-5-7-13(12(3)4)9-10-15-11-14(15)8-6-2/h12-14H,5-11H2,1-4H3. The fourth-order valence-corrected chi connectivity index (χ4v) is 2.62. The first-order valence-electron chi connectivity index (χ1n) is 6.93. The van der Waals surface area contributed by atoms with E-state index in [-0.39, 0.29) is 0 Å². The first-order valence-corrected chi connectivity index (χ1v) is 6.93. The van der Waals surface area contributed by atoms with E-state index in [4.69, 9.17) is 0 Å². The number of hydrogen-bond donors (Lipinski definition) is 0. The quantitative estimate of drug-likeness (QED) is 0.550. The third-order valence-electron chi connectivity index (χ3n) is 3.84. The van der Waals surface area contributed by atoms with E-state index >= 15 is 0 Å². The highest BCUT2D eigenvalue weighted by molar-refractivity contribution is 4.88. The van der Waals surface area contributed by atoms with Gasteiger partial charge in [0.15, 0.2) is 0 Å². The van der Waals surface area contributed by atoms with Crippen molar-refractivity contribution in [1.29, 1.82) is 0 Å². The molecule has 15 heavy (non-hydrogen) atoms. The molecule has 3 unspecified atom stereocenters. The van der Waals surface area contributed by atoms with Crippen LogP contribution >= 0.6 is 0 Å². The van der Waals surface area contributed by atoms with Crippen molar-refractivity contribution >= 4 is 0 Å². The van der Waals surface area contributed by atoms with Gasteiger partial charge in [-0.25, -0.2) is 0 Å². The summed E-state index contributed by atoms with van der Waals surface area (Å²) < 4.78 is 0. The van der Waals surface area contributed by atoms with Crippen LogP contribution in [0.2, 0.25) is 0 Å². The van der Waals surface area contributed by atoms with Crippen molar-refractivity contribution in [2.75, 3.05) is 13.1 Å². The van der Waals surface area contributed by atoms with Crippen LogP contribution in [-0.2, 0) is 0 Å². The normalized spacial score (nSPS) is 27.0. The van der Waals surface area contributed by atoms with Gasteiger partial charge in [-0.15, -0.1) is 0 Å². The fourth-order valence-electron chi connectivity index (χ4n) is 2.62. The molecule has 1 nitrogen and oxygen atoms in total. The molecule has 0 aromatic rings. The van der Waals surface area contributed by atoms with Crippen molar-refractivity contribution in [3.05, 3.63) is 0 Å². The molecule has 0 amide bonds. The van der Waals surface area contributed by atoms with E-state index in [0.717, 1.165) is 17.9 Å². The highest BCUT2D eigenvalue weighted by atomic mass is 15.3. The summed E-state index contributed by atoms with van der Waals surface area (Å²) in [6.45, 7) is 12.1. The smallest absolute Gasteiger partial charge is 0.0223 e. The molecule has 0 spiro atoms. The highest BCUT2D eigenvalue weighted by Crippen LogP contribution is 2.26. The van der Waals surface area contributed by atoms with Crippen LogP contribution in [0.4, 0.5) is 0 Å². The molecule has 0 aromatic heterocycles. The van der Waals surface area contributed by atoms with E-state index in [2.05, 4.69) is 32.6 Å². The Balaban J connectivity index is 2.12. The summed E-state index contributed by atoms with van der Waals surface area (Å²) in [5.41, 5.74) is 0. The van der Waals surface area contributed by atoms with Gasteiger partial charge in [0.05, 0.1) is 0 Å². The molecule has 0 bridgehead atoms. The van der Waals surface area contributed by atoms with Gasteiger partial charge in [-0.05, 0) is 31.2 Å². The minimum atomic E-state index is 0.870. The molecule has 1 rings (SSSR count). The largest absolute Gasteiger partial charge is 0.298 e. The maximum absolute atomic E-state index is 2.66. The Morgan fingerprint density at radius 1 is 1.13 bits per heavy atom. The minimum Gasteiger partial charge on any atom is -0.298 e. The Morgan fingerprint density at radius 2 is 1.87 bits per heavy atom. The maximum Gasteiger partial charge on any atom is 0.0223 e. The Labute approximate surface area is 96.2 Å². The monoisotopic (exact) mass is 211 g/mol. The van der Waals surface area contributed by atoms with Crippen LogP contribution in [0.3, 0.4) is 0 Å². The van der Waals surface area contributed by atoms with Gasteiger partial charge in [-0.2, -0.15) is 0 Å². The van der Waals surface area contributed by atoms with Crippen LogP contribution in [0.1, 0.15) is 59.8 Å². The van der Waals surface area contributed by atoms with E-state index in [0.29, 0.717) is 0 Å². The zero-order chi connectivity index (χ0) is 11.3. The SMILES string of the molecule is CCCC(CCN1CC1CCC)C(C)C. The second-order valence-corrected chi connectivity index (χ2v) is 5.52. The number of nitrogens with zero attached hydrogens (tertiary/aromatic N) is 1. The molecule has 0 aromatic carbocycles. The van der Waals surface area contributed by atoms with Crippen LogP contribution in [0.15, 0.2) is 0 Å². The zero-order valence-corrected chi connectivity index (χ0v) is 11.1. The van der Waals surface area contributed by atoms with Crippen LogP contribution in [0.25, 0.3) is 0 Å². The van der Waals surface area contributed by atoms with E-state index in [1.54, 1.807) is 0 Å². The summed E-state index contributed by atoms with van der Waals surface area (Å²) in [7, 11) is 0. The van der Waals surface area contributed by atoms with E-state index < -0.39 is 0 Å². The molecule has 1 heteroatoms. The number of rotatable bonds is 8. The molecule has 1 aliphatic rings. The predicted octanol–water partition coefficient (Wildman–Crippen LogP) is 3.93. The third kappa shape index (κ3) is 4.55. The average Bonchev–Trinajstić information content (AvgIpc) is 2.91. The second-order valence-electron chi connectivity index (χ2n) is 5.52. The Kier molecular flexibility index (Phi) is 5.66. The number of hydrogen-bond acceptors (Lipinski definition) is 1. The van der Waals surface area contributed by atoms with Gasteiger partial charge in [-0.1, -0.05) is 47.0 Å². The topological polar surface area (TPSA) is 3.01 Å². The van der Waals surface area contributed by atoms with Gasteiger partial charge in [0, 0.05) is 12.6 Å². The molecule has 1 aliphatic heterocycles. The first-order chi connectivity index (χ1) is 7.19. The Hall–Kier alpha value is -0.0400. The van der Waals surface area contributed by atoms with Crippen LogP contribution < -0.4 is 0 Å². The Morgan fingerprint density at radius 3 is 2.40 bits per heavy atom. The summed E-state index contributed by atoms with van der Waals surface area (Å²) in [5, 5.41) is 0. The summed E-state index contributed by atoms with van der Waals surface area (Å²) in [6.07, 6.45) is 6.96. The average molecular weight is 211 g/mol. The lowest BCUT2D eigenvalue weighted by molar-refractivity contribution is 0.304. The molecule has 0 N–H and O–H groups in total. The molecule has 0 saturated carbocycles. The second kappa shape index (κ2) is 6.52. The van der Waals surface area contributed by atoms with E-state index in [1.165, 1.54) is 45.2 Å². The van der Waals surface area contributed by atoms with Crippen LogP contribution in [0.5, 0.6) is 0 Å². The molecule has 1 fully saturated rings. The summed E-state index contributed by atoms with van der Waals surface area (Å²) in [4.78, 5) is 2.66. The lowest BCUT2D eigenvalue weighted by Crippen LogP contribution is -2.14. The van der Waals surface area contributed by atoms with Crippen LogP contribution in [-0.4, -0.2) is 24.0 Å². The van der Waals surface area contributed by atoms with Gasteiger partial charge in [0.1, 0.15) is 0 Å². The summed E-state index contributed by atoms with van der Waals surface area (Å²) >= 11 is 0. The van der Waals surface area contributed by atoms with E-state index in [9.17, 15) is 0 Å². The molecule has 0 radical (unpaired) electrons. The van der Waals surface area contributed by atoms with Crippen molar-refractivity contribution in [3.63, 3.8) is 0 Å². The third-order valence-corrected chi connectivity index (χ3v) is 3.84. The predicted molar refractivity (Wildman–Crippen MR) is 68.1 cm³/mol. The molecule has 0 aliphatic carbocycles. The molecule has 1 heterocycles. The lowest BCUT2D eigenvalue weighted by atomic mass is 9.88. The van der Waals surface area contributed by atoms with Crippen molar-refractivity contribution in [3.8, 4) is 0 Å². The molecular formula is C14H29N. The molecular weight excluding hydrogens is 182 g/mol. The minimum absolute atomic E-state index is 0.870. The van der Waals surface area contributed by atoms with Crippen LogP contribution in [0, 0.1) is 11.8 Å². The van der Waals surface area contributed by atoms with E-state index in [1.807, 2.05) is 0 Å². The van der Waals surface area contributed by atoms with Gasteiger partial charge >= 0.3 is 0 Å². The zero-order valence-electron chi connectivity index (χ0n) is 11.1. The van der Waals surface area contributed by atoms with Crippen molar-refractivity contribution in [1.82, 2.24) is 4.90 Å². The Bertz CT molecular complexity index is 165. The molecule has 1 saturated heterocycles. The van der Waals surface area contributed by atoms with Crippen molar-refractivity contribution in [2.45, 2.75) is 65.8 Å². The van der Waals surface area contributed by atoms with Crippen molar-refractivity contribution in [2.24, 2.45) is 11.8 Å². The van der Waals surface area contributed by atoms with Gasteiger partial charge in [0.2, 0.25) is 0 Å². The highest BCUT2D eigenvalue weighted by Gasteiger charge is 2.32. The summed E-state index contributed by atoms with van der Waals surface area (Å²) in [5.74, 6) is 1.83. The maximum atomic E-state index is 2.66. The molecule has 3 atom stereocenters. The van der Waals surface area contributed by atoms with Gasteiger partial charge in [-0.3, -0.25) is 4.90 Å². The molecule has 90 valence electrons. The van der Waals surface area contributed by atoms with Gasteiger partial charge in [0.25, 0.3) is 0 Å². The fraction of sp³-hybridized carbons (Fsp3) is 1.00. The summed E-state index contributed by atoms with van der Waals surface area (Å²) in [6, 6.07) is 0.949.